The molecule has 5 aromatic carbocycles. The molecule has 0 N–H and O–H groups in total. The topological polar surface area (TPSA) is 0 Å². The van der Waals surface area contributed by atoms with Gasteiger partial charge in [-0.2, -0.15) is 0 Å². The lowest BCUT2D eigenvalue weighted by Crippen LogP contribution is -1.87. The molecule has 24 heavy (non-hydrogen) atoms. The fourth-order valence-corrected chi connectivity index (χ4v) is 4.99. The summed E-state index contributed by atoms with van der Waals surface area (Å²) < 4.78 is 2.16. The van der Waals surface area contributed by atoms with Crippen molar-refractivity contribution in [3.63, 3.8) is 0 Å². The van der Waals surface area contributed by atoms with Crippen LogP contribution in [0.25, 0.3) is 43.4 Å². The van der Waals surface area contributed by atoms with E-state index in [1.807, 2.05) is 0 Å². The van der Waals surface area contributed by atoms with Crippen LogP contribution in [0.1, 0.15) is 0 Å². The van der Waals surface area contributed by atoms with Gasteiger partial charge >= 0.3 is 0 Å². The zero-order valence-electron chi connectivity index (χ0n) is 12.7. The third kappa shape index (κ3) is 2.10. The highest BCUT2D eigenvalue weighted by atomic mass is 79.9. The summed E-state index contributed by atoms with van der Waals surface area (Å²) in [5, 5.41) is 7.94. The van der Waals surface area contributed by atoms with Crippen molar-refractivity contribution in [1.82, 2.24) is 0 Å². The average Bonchev–Trinajstić information content (AvgIpc) is 2.58. The largest absolute Gasteiger partial charge is 0.0610 e. The molecule has 0 bridgehead atoms. The lowest BCUT2D eigenvalue weighted by atomic mass is 9.90. The molecule has 0 aliphatic heterocycles. The van der Waals surface area contributed by atoms with Crippen LogP contribution in [0.2, 0.25) is 0 Å². The van der Waals surface area contributed by atoms with Crippen molar-refractivity contribution in [3.05, 3.63) is 81.7 Å². The summed E-state index contributed by atoms with van der Waals surface area (Å²) >= 11 is 7.22. The normalized spacial score (nSPS) is 11.8. The molecule has 0 saturated carbocycles. The maximum absolute atomic E-state index is 3.61. The molecule has 0 aliphatic carbocycles. The Kier molecular flexibility index (Phi) is 3.19. The van der Waals surface area contributed by atoms with Gasteiger partial charge < -0.3 is 0 Å². The van der Waals surface area contributed by atoms with Crippen LogP contribution in [0, 0.1) is 0 Å². The molecular weight excluding hydrogens is 424 g/mol. The number of hydrogen-bond donors (Lipinski definition) is 0. The fourth-order valence-electron chi connectivity index (χ4n) is 3.70. The maximum Gasteiger partial charge on any atom is 0.0192 e. The molecule has 114 valence electrons. The van der Waals surface area contributed by atoms with Crippen LogP contribution in [0.15, 0.2) is 81.7 Å². The summed E-state index contributed by atoms with van der Waals surface area (Å²) in [7, 11) is 0. The second-order valence-corrected chi connectivity index (χ2v) is 7.96. The molecule has 5 aromatic rings. The van der Waals surface area contributed by atoms with Crippen molar-refractivity contribution in [2.45, 2.75) is 0 Å². The van der Waals surface area contributed by atoms with Gasteiger partial charge in [-0.3, -0.25) is 0 Å². The molecular formula is C22H12Br2. The monoisotopic (exact) mass is 434 g/mol. The van der Waals surface area contributed by atoms with E-state index in [9.17, 15) is 0 Å². The molecule has 0 heterocycles. The molecule has 0 saturated heterocycles. The van der Waals surface area contributed by atoms with Crippen LogP contribution >= 0.6 is 31.9 Å². The maximum atomic E-state index is 3.61. The SMILES string of the molecule is Brc1cc(Br)cc(-c2ccc3ccc4cccc5ccc2c3c45)c1. The Hall–Kier alpha value is -1.90. The van der Waals surface area contributed by atoms with E-state index in [4.69, 9.17) is 0 Å². The van der Waals surface area contributed by atoms with E-state index < -0.39 is 0 Å². The molecule has 0 fully saturated rings. The van der Waals surface area contributed by atoms with Gasteiger partial charge in [0.2, 0.25) is 0 Å². The van der Waals surface area contributed by atoms with Crippen LogP contribution in [-0.4, -0.2) is 0 Å². The van der Waals surface area contributed by atoms with Gasteiger partial charge in [-0.05, 0) is 61.6 Å². The quantitative estimate of drug-likeness (QED) is 0.236. The zero-order chi connectivity index (χ0) is 16.3. The van der Waals surface area contributed by atoms with Gasteiger partial charge in [0, 0.05) is 8.95 Å². The zero-order valence-corrected chi connectivity index (χ0v) is 15.9. The lowest BCUT2D eigenvalue weighted by Gasteiger charge is -2.14. The highest BCUT2D eigenvalue weighted by Crippen LogP contribution is 2.40. The Morgan fingerprint density at radius 1 is 0.542 bits per heavy atom. The standard InChI is InChI=1S/C22H12Br2/c23-17-10-16(11-18(24)12-17)19-8-6-15-5-4-13-2-1-3-14-7-9-20(19)22(15)21(13)14/h1-12H. The molecule has 0 unspecified atom stereocenters. The van der Waals surface area contributed by atoms with Gasteiger partial charge in [0.15, 0.2) is 0 Å². The van der Waals surface area contributed by atoms with Gasteiger partial charge in [0.25, 0.3) is 0 Å². The Balaban J connectivity index is 1.97. The van der Waals surface area contributed by atoms with Crippen LogP contribution in [0.5, 0.6) is 0 Å². The summed E-state index contributed by atoms with van der Waals surface area (Å²) in [4.78, 5) is 0. The van der Waals surface area contributed by atoms with Crippen molar-refractivity contribution in [2.75, 3.05) is 0 Å². The molecule has 0 atom stereocenters. The molecule has 0 aliphatic rings. The highest BCUT2D eigenvalue weighted by molar-refractivity contribution is 9.11. The Morgan fingerprint density at radius 3 is 1.83 bits per heavy atom. The Bertz CT molecular complexity index is 1190. The number of benzene rings is 5. The summed E-state index contributed by atoms with van der Waals surface area (Å²) in [5.74, 6) is 0. The van der Waals surface area contributed by atoms with Gasteiger partial charge in [-0.25, -0.2) is 0 Å². The van der Waals surface area contributed by atoms with Crippen molar-refractivity contribution in [2.24, 2.45) is 0 Å². The minimum Gasteiger partial charge on any atom is -0.0610 e. The smallest absolute Gasteiger partial charge is 0.0192 e. The van der Waals surface area contributed by atoms with E-state index in [-0.39, 0.29) is 0 Å². The number of rotatable bonds is 1. The Labute approximate surface area is 156 Å². The van der Waals surface area contributed by atoms with Crippen molar-refractivity contribution in [1.29, 1.82) is 0 Å². The van der Waals surface area contributed by atoms with E-state index in [2.05, 4.69) is 105 Å². The number of halogens is 2. The minimum absolute atomic E-state index is 1.08. The highest BCUT2D eigenvalue weighted by Gasteiger charge is 2.12. The van der Waals surface area contributed by atoms with Crippen LogP contribution in [-0.2, 0) is 0 Å². The van der Waals surface area contributed by atoms with E-state index >= 15 is 0 Å². The van der Waals surface area contributed by atoms with E-state index in [0.29, 0.717) is 0 Å². The van der Waals surface area contributed by atoms with E-state index in [0.717, 1.165) is 8.95 Å². The van der Waals surface area contributed by atoms with Crippen LogP contribution in [0.4, 0.5) is 0 Å². The molecule has 0 amide bonds. The third-order valence-electron chi connectivity index (χ3n) is 4.70. The Morgan fingerprint density at radius 2 is 1.12 bits per heavy atom. The predicted octanol–water partition coefficient (Wildman–Crippen LogP) is 7.78. The van der Waals surface area contributed by atoms with Crippen LogP contribution < -0.4 is 0 Å². The predicted molar refractivity (Wildman–Crippen MR) is 111 cm³/mol. The third-order valence-corrected chi connectivity index (χ3v) is 5.62. The second-order valence-electron chi connectivity index (χ2n) is 6.13. The first kappa shape index (κ1) is 14.4. The van der Waals surface area contributed by atoms with Crippen molar-refractivity contribution in [3.8, 4) is 11.1 Å². The number of hydrogen-bond acceptors (Lipinski definition) is 0. The van der Waals surface area contributed by atoms with Gasteiger partial charge in [-0.15, -0.1) is 0 Å². The minimum atomic E-state index is 1.08. The molecule has 0 nitrogen and oxygen atoms in total. The van der Waals surface area contributed by atoms with Crippen molar-refractivity contribution < 1.29 is 0 Å². The molecule has 5 rings (SSSR count). The first-order valence-electron chi connectivity index (χ1n) is 7.84. The second kappa shape index (κ2) is 5.30. The summed E-state index contributed by atoms with van der Waals surface area (Å²) in [6.07, 6.45) is 0. The summed E-state index contributed by atoms with van der Waals surface area (Å²) in [5.41, 5.74) is 2.48. The molecule has 0 aromatic heterocycles. The average molecular weight is 436 g/mol. The van der Waals surface area contributed by atoms with Gasteiger partial charge in [-0.1, -0.05) is 86.5 Å². The molecule has 0 radical (unpaired) electrons. The van der Waals surface area contributed by atoms with Gasteiger partial charge in [0.1, 0.15) is 0 Å². The fraction of sp³-hybridized carbons (Fsp3) is 0. The molecule has 0 spiro atoms. The van der Waals surface area contributed by atoms with Gasteiger partial charge in [0.05, 0.1) is 0 Å². The summed E-state index contributed by atoms with van der Waals surface area (Å²) in [6.45, 7) is 0. The lowest BCUT2D eigenvalue weighted by molar-refractivity contribution is 1.58. The van der Waals surface area contributed by atoms with E-state index in [1.54, 1.807) is 0 Å². The molecule has 2 heteroatoms. The van der Waals surface area contributed by atoms with Crippen molar-refractivity contribution >= 4 is 64.2 Å². The first-order chi connectivity index (χ1) is 11.7. The van der Waals surface area contributed by atoms with E-state index in [1.165, 1.54) is 43.4 Å². The summed E-state index contributed by atoms with van der Waals surface area (Å²) in [6, 6.07) is 26.4. The first-order valence-corrected chi connectivity index (χ1v) is 9.42. The van der Waals surface area contributed by atoms with Crippen LogP contribution in [0.3, 0.4) is 0 Å².